The summed E-state index contributed by atoms with van der Waals surface area (Å²) in [4.78, 5) is 17.7. The fraction of sp³-hybridized carbons (Fsp3) is 0.381. The van der Waals surface area contributed by atoms with Crippen LogP contribution in [-0.4, -0.2) is 20.5 Å². The molecule has 1 aromatic carbocycles. The highest BCUT2D eigenvalue weighted by atomic mass is 79.9. The van der Waals surface area contributed by atoms with E-state index in [4.69, 9.17) is 0 Å². The lowest BCUT2D eigenvalue weighted by molar-refractivity contribution is 0.0930. The summed E-state index contributed by atoms with van der Waals surface area (Å²) in [5, 5.41) is 7.90. The van der Waals surface area contributed by atoms with Gasteiger partial charge in [0.05, 0.1) is 27.5 Å². The molecule has 0 unspecified atom stereocenters. The van der Waals surface area contributed by atoms with Crippen molar-refractivity contribution in [3.8, 4) is 0 Å². The summed E-state index contributed by atoms with van der Waals surface area (Å²) >= 11 is 3.57. The van der Waals surface area contributed by atoms with Crippen molar-refractivity contribution in [3.63, 3.8) is 0 Å². The third kappa shape index (κ3) is 2.87. The van der Waals surface area contributed by atoms with Crippen LogP contribution in [0.4, 0.5) is 0 Å². The Kier molecular flexibility index (Phi) is 4.04. The molecule has 6 heteroatoms. The number of carbonyl (C=O) groups is 1. The molecule has 0 saturated heterocycles. The van der Waals surface area contributed by atoms with Crippen LogP contribution in [0.2, 0.25) is 0 Å². The van der Waals surface area contributed by atoms with Gasteiger partial charge in [0.25, 0.3) is 5.91 Å². The minimum Gasteiger partial charge on any atom is -0.345 e. The van der Waals surface area contributed by atoms with Gasteiger partial charge in [-0.25, -0.2) is 9.50 Å². The van der Waals surface area contributed by atoms with Gasteiger partial charge in [0, 0.05) is 12.1 Å². The standard InChI is InChI=1S/C21H21BrN4O/c1-12-18(22)20-23-11-16(19(14-9-10-14)26(20)25-12)21(27)24-17-8-4-6-13-5-2-3-7-15(13)17/h2-3,5,7,11,14,17H,4,6,8-10H2,1H3,(H,24,27)/t17-/m0/s1. The van der Waals surface area contributed by atoms with Crippen molar-refractivity contribution in [1.29, 1.82) is 0 Å². The van der Waals surface area contributed by atoms with E-state index in [-0.39, 0.29) is 11.9 Å². The first kappa shape index (κ1) is 16.9. The second kappa shape index (κ2) is 6.44. The zero-order chi connectivity index (χ0) is 18.5. The number of hydrogen-bond acceptors (Lipinski definition) is 3. The molecule has 2 aliphatic rings. The molecule has 3 aromatic rings. The molecule has 0 aliphatic heterocycles. The van der Waals surface area contributed by atoms with E-state index in [1.807, 2.05) is 11.4 Å². The van der Waals surface area contributed by atoms with Gasteiger partial charge in [0.15, 0.2) is 5.65 Å². The van der Waals surface area contributed by atoms with Crippen LogP contribution in [0.1, 0.15) is 70.5 Å². The average Bonchev–Trinajstić information content (AvgIpc) is 3.48. The molecular weight excluding hydrogens is 404 g/mol. The summed E-state index contributed by atoms with van der Waals surface area (Å²) in [5.41, 5.74) is 5.92. The number of nitrogens with one attached hydrogen (secondary N) is 1. The first-order valence-corrected chi connectivity index (χ1v) is 10.3. The smallest absolute Gasteiger partial charge is 0.255 e. The zero-order valence-corrected chi connectivity index (χ0v) is 16.8. The molecule has 1 saturated carbocycles. The van der Waals surface area contributed by atoms with Crippen molar-refractivity contribution in [1.82, 2.24) is 19.9 Å². The number of nitrogens with zero attached hydrogens (tertiary/aromatic N) is 3. The van der Waals surface area contributed by atoms with Gasteiger partial charge in [-0.2, -0.15) is 5.10 Å². The maximum atomic E-state index is 13.2. The van der Waals surface area contributed by atoms with E-state index in [0.29, 0.717) is 11.5 Å². The lowest BCUT2D eigenvalue weighted by Crippen LogP contribution is -2.32. The van der Waals surface area contributed by atoms with Gasteiger partial charge < -0.3 is 5.32 Å². The van der Waals surface area contributed by atoms with E-state index in [0.717, 1.165) is 53.6 Å². The van der Waals surface area contributed by atoms with Crippen LogP contribution in [-0.2, 0) is 6.42 Å². The molecule has 138 valence electrons. The van der Waals surface area contributed by atoms with Gasteiger partial charge in [-0.1, -0.05) is 24.3 Å². The predicted molar refractivity (Wildman–Crippen MR) is 107 cm³/mol. The van der Waals surface area contributed by atoms with Gasteiger partial charge in [0.2, 0.25) is 0 Å². The van der Waals surface area contributed by atoms with E-state index >= 15 is 0 Å². The number of rotatable bonds is 3. The van der Waals surface area contributed by atoms with E-state index in [1.54, 1.807) is 6.20 Å². The Bertz CT molecular complexity index is 1050. The van der Waals surface area contributed by atoms with Crippen molar-refractivity contribution >= 4 is 27.5 Å². The molecule has 2 aromatic heterocycles. The van der Waals surface area contributed by atoms with Gasteiger partial charge >= 0.3 is 0 Å². The van der Waals surface area contributed by atoms with E-state index in [1.165, 1.54) is 11.1 Å². The monoisotopic (exact) mass is 424 g/mol. The molecule has 0 radical (unpaired) electrons. The van der Waals surface area contributed by atoms with Crippen molar-refractivity contribution in [2.75, 3.05) is 0 Å². The van der Waals surface area contributed by atoms with Crippen LogP contribution in [0.15, 0.2) is 34.9 Å². The largest absolute Gasteiger partial charge is 0.345 e. The van der Waals surface area contributed by atoms with Crippen molar-refractivity contribution < 1.29 is 4.79 Å². The number of aromatic nitrogens is 3. The third-order valence-corrected chi connectivity index (χ3v) is 6.60. The van der Waals surface area contributed by atoms with Crippen LogP contribution in [0.5, 0.6) is 0 Å². The number of aryl methyl sites for hydroxylation is 2. The highest BCUT2D eigenvalue weighted by Gasteiger charge is 2.33. The highest BCUT2D eigenvalue weighted by Crippen LogP contribution is 2.42. The molecule has 1 amide bonds. The van der Waals surface area contributed by atoms with Crippen molar-refractivity contribution in [3.05, 3.63) is 63.0 Å². The molecule has 27 heavy (non-hydrogen) atoms. The summed E-state index contributed by atoms with van der Waals surface area (Å²) in [5.74, 6) is 0.346. The lowest BCUT2D eigenvalue weighted by Gasteiger charge is -2.26. The van der Waals surface area contributed by atoms with Gasteiger partial charge in [-0.3, -0.25) is 4.79 Å². The third-order valence-electron chi connectivity index (χ3n) is 5.67. The van der Waals surface area contributed by atoms with E-state index in [9.17, 15) is 4.79 Å². The van der Waals surface area contributed by atoms with Gasteiger partial charge in [0.1, 0.15) is 0 Å². The van der Waals surface area contributed by atoms with E-state index in [2.05, 4.69) is 55.6 Å². The topological polar surface area (TPSA) is 59.3 Å². The molecule has 1 fully saturated rings. The average molecular weight is 425 g/mol. The van der Waals surface area contributed by atoms with Gasteiger partial charge in [-0.05, 0) is 66.1 Å². The molecule has 0 bridgehead atoms. The normalized spacial score (nSPS) is 19.1. The minimum absolute atomic E-state index is 0.0442. The Morgan fingerprint density at radius 1 is 1.26 bits per heavy atom. The number of hydrogen-bond donors (Lipinski definition) is 1. The number of amides is 1. The molecule has 2 aliphatic carbocycles. The Morgan fingerprint density at radius 2 is 2.07 bits per heavy atom. The number of benzene rings is 1. The van der Waals surface area contributed by atoms with Crippen LogP contribution < -0.4 is 5.32 Å². The van der Waals surface area contributed by atoms with Crippen molar-refractivity contribution in [2.45, 2.75) is 51.0 Å². The maximum absolute atomic E-state index is 13.2. The molecule has 5 nitrogen and oxygen atoms in total. The molecule has 1 atom stereocenters. The number of halogens is 1. The lowest BCUT2D eigenvalue weighted by atomic mass is 9.87. The Labute approximate surface area is 166 Å². The summed E-state index contributed by atoms with van der Waals surface area (Å²) in [7, 11) is 0. The van der Waals surface area contributed by atoms with Gasteiger partial charge in [-0.15, -0.1) is 0 Å². The van der Waals surface area contributed by atoms with Crippen molar-refractivity contribution in [2.24, 2.45) is 0 Å². The second-order valence-corrected chi connectivity index (χ2v) is 8.38. The Hall–Kier alpha value is -2.21. The second-order valence-electron chi connectivity index (χ2n) is 7.58. The molecule has 0 spiro atoms. The molecule has 5 rings (SSSR count). The van der Waals surface area contributed by atoms with Crippen LogP contribution >= 0.6 is 15.9 Å². The number of fused-ring (bicyclic) bond motifs is 2. The van der Waals surface area contributed by atoms with Crippen LogP contribution in [0.25, 0.3) is 5.65 Å². The Balaban J connectivity index is 1.53. The minimum atomic E-state index is -0.0442. The van der Waals surface area contributed by atoms with E-state index < -0.39 is 0 Å². The van der Waals surface area contributed by atoms with Crippen LogP contribution in [0.3, 0.4) is 0 Å². The maximum Gasteiger partial charge on any atom is 0.255 e. The fourth-order valence-electron chi connectivity index (χ4n) is 4.15. The summed E-state index contributed by atoms with van der Waals surface area (Å²) in [6.45, 7) is 1.95. The molecule has 1 N–H and O–H groups in total. The molecule has 2 heterocycles. The first-order valence-electron chi connectivity index (χ1n) is 9.56. The summed E-state index contributed by atoms with van der Waals surface area (Å²) in [6, 6.07) is 8.49. The SMILES string of the molecule is Cc1nn2c(C3CC3)c(C(=O)N[C@H]3CCCc4ccccc43)cnc2c1Br. The summed E-state index contributed by atoms with van der Waals surface area (Å²) in [6.07, 6.45) is 7.08. The summed E-state index contributed by atoms with van der Waals surface area (Å²) < 4.78 is 2.76. The molecular formula is C21H21BrN4O. The first-order chi connectivity index (χ1) is 13.1. The fourth-order valence-corrected chi connectivity index (χ4v) is 4.50. The zero-order valence-electron chi connectivity index (χ0n) is 15.2. The Morgan fingerprint density at radius 3 is 2.89 bits per heavy atom. The predicted octanol–water partition coefficient (Wildman–Crippen LogP) is 4.49. The van der Waals surface area contributed by atoms with Crippen LogP contribution in [0, 0.1) is 6.92 Å². The highest BCUT2D eigenvalue weighted by molar-refractivity contribution is 9.10. The quantitative estimate of drug-likeness (QED) is 0.673. The number of carbonyl (C=O) groups excluding carboxylic acids is 1.